The molecule has 0 aliphatic rings. The van der Waals surface area contributed by atoms with E-state index in [9.17, 15) is 8.42 Å². The molecule has 2 aromatic rings. The average molecular weight is 516 g/mol. The van der Waals surface area contributed by atoms with Crippen LogP contribution in [0.1, 0.15) is 18.1 Å². The van der Waals surface area contributed by atoms with Gasteiger partial charge in [-0.2, -0.15) is 0 Å². The van der Waals surface area contributed by atoms with Crippen molar-refractivity contribution >= 4 is 40.0 Å². The SMILES string of the molecule is CCNC(=NCCS(=O)(=O)NCc1ccccc1)N(C)Cc1ccccc1.I. The number of nitrogens with one attached hydrogen (secondary N) is 2. The van der Waals surface area contributed by atoms with Crippen LogP contribution in [-0.2, 0) is 23.1 Å². The number of nitrogens with zero attached hydrogens (tertiary/aromatic N) is 2. The molecular formula is C20H29IN4O2S. The molecule has 0 atom stereocenters. The Balaban J connectivity index is 0.00000392. The van der Waals surface area contributed by atoms with Gasteiger partial charge in [0.05, 0.1) is 12.3 Å². The Morgan fingerprint density at radius 3 is 2.14 bits per heavy atom. The summed E-state index contributed by atoms with van der Waals surface area (Å²) >= 11 is 0. The summed E-state index contributed by atoms with van der Waals surface area (Å²) < 4.78 is 27.0. The van der Waals surface area contributed by atoms with Crippen LogP contribution in [0.3, 0.4) is 0 Å². The van der Waals surface area contributed by atoms with Crippen molar-refractivity contribution in [1.82, 2.24) is 14.9 Å². The van der Waals surface area contributed by atoms with Crippen LogP contribution in [0.5, 0.6) is 0 Å². The molecule has 0 saturated heterocycles. The Hall–Kier alpha value is -1.65. The molecule has 0 aliphatic carbocycles. The fourth-order valence-corrected chi connectivity index (χ4v) is 3.40. The summed E-state index contributed by atoms with van der Waals surface area (Å²) in [5, 5.41) is 3.21. The molecule has 0 heterocycles. The fourth-order valence-electron chi connectivity index (χ4n) is 2.53. The van der Waals surface area contributed by atoms with Crippen LogP contribution in [0.2, 0.25) is 0 Å². The van der Waals surface area contributed by atoms with Crippen molar-refractivity contribution < 1.29 is 8.42 Å². The summed E-state index contributed by atoms with van der Waals surface area (Å²) in [7, 11) is -1.44. The van der Waals surface area contributed by atoms with Gasteiger partial charge in [-0.3, -0.25) is 4.99 Å². The maximum Gasteiger partial charge on any atom is 0.213 e. The maximum atomic E-state index is 12.2. The van der Waals surface area contributed by atoms with Crippen molar-refractivity contribution in [3.8, 4) is 0 Å². The Morgan fingerprint density at radius 1 is 1.00 bits per heavy atom. The molecule has 0 aromatic heterocycles. The molecule has 0 bridgehead atoms. The van der Waals surface area contributed by atoms with Gasteiger partial charge in [-0.05, 0) is 18.1 Å². The van der Waals surface area contributed by atoms with E-state index < -0.39 is 10.0 Å². The standard InChI is InChI=1S/C20H28N4O2S.HI/c1-3-21-20(24(2)17-19-12-8-5-9-13-19)22-14-15-27(25,26)23-16-18-10-6-4-7-11-18;/h4-13,23H,3,14-17H2,1-2H3,(H,21,22);1H. The average Bonchev–Trinajstić information content (AvgIpc) is 2.67. The first-order valence-corrected chi connectivity index (χ1v) is 10.7. The van der Waals surface area contributed by atoms with E-state index in [1.807, 2.05) is 67.4 Å². The Bertz CT molecular complexity index is 815. The number of hydrogen-bond donors (Lipinski definition) is 2. The van der Waals surface area contributed by atoms with Crippen LogP contribution >= 0.6 is 24.0 Å². The quantitative estimate of drug-likeness (QED) is 0.306. The van der Waals surface area contributed by atoms with Gasteiger partial charge in [0.2, 0.25) is 10.0 Å². The molecule has 6 nitrogen and oxygen atoms in total. The van der Waals surface area contributed by atoms with Crippen molar-refractivity contribution in [2.75, 3.05) is 25.9 Å². The number of rotatable bonds is 9. The minimum absolute atomic E-state index is 0. The molecule has 8 heteroatoms. The van der Waals surface area contributed by atoms with Gasteiger partial charge in [-0.25, -0.2) is 13.1 Å². The van der Waals surface area contributed by atoms with Crippen LogP contribution in [0.15, 0.2) is 65.7 Å². The van der Waals surface area contributed by atoms with Gasteiger partial charge in [0.15, 0.2) is 5.96 Å². The van der Waals surface area contributed by atoms with Crippen LogP contribution in [0.25, 0.3) is 0 Å². The first-order valence-electron chi connectivity index (χ1n) is 9.05. The lowest BCUT2D eigenvalue weighted by Gasteiger charge is -2.22. The molecule has 0 aliphatic heterocycles. The smallest absolute Gasteiger partial charge is 0.213 e. The third-order valence-electron chi connectivity index (χ3n) is 3.92. The number of hydrogen-bond acceptors (Lipinski definition) is 3. The summed E-state index contributed by atoms with van der Waals surface area (Å²) in [5.74, 6) is 0.646. The van der Waals surface area contributed by atoms with Crippen LogP contribution in [0, 0.1) is 0 Å². The van der Waals surface area contributed by atoms with Gasteiger partial charge in [0.25, 0.3) is 0 Å². The zero-order valence-electron chi connectivity index (χ0n) is 16.3. The molecule has 0 saturated carbocycles. The molecule has 0 unspecified atom stereocenters. The fraction of sp³-hybridized carbons (Fsp3) is 0.350. The predicted octanol–water partition coefficient (Wildman–Crippen LogP) is 2.82. The van der Waals surface area contributed by atoms with Crippen molar-refractivity contribution in [3.05, 3.63) is 71.8 Å². The summed E-state index contributed by atoms with van der Waals surface area (Å²) in [5.41, 5.74) is 2.10. The number of sulfonamides is 1. The zero-order chi connectivity index (χ0) is 19.5. The molecule has 0 radical (unpaired) electrons. The van der Waals surface area contributed by atoms with E-state index in [0.717, 1.165) is 12.1 Å². The minimum Gasteiger partial charge on any atom is -0.357 e. The molecule has 0 amide bonds. The first kappa shape index (κ1) is 24.4. The van der Waals surface area contributed by atoms with Crippen LogP contribution < -0.4 is 10.0 Å². The van der Waals surface area contributed by atoms with Crippen molar-refractivity contribution in [2.45, 2.75) is 20.0 Å². The second-order valence-electron chi connectivity index (χ2n) is 6.20. The number of halogens is 1. The highest BCUT2D eigenvalue weighted by Crippen LogP contribution is 2.03. The molecule has 0 spiro atoms. The highest BCUT2D eigenvalue weighted by atomic mass is 127. The largest absolute Gasteiger partial charge is 0.357 e. The lowest BCUT2D eigenvalue weighted by Crippen LogP contribution is -2.39. The third kappa shape index (κ3) is 9.03. The lowest BCUT2D eigenvalue weighted by atomic mass is 10.2. The van der Waals surface area contributed by atoms with Crippen LogP contribution in [0.4, 0.5) is 0 Å². The zero-order valence-corrected chi connectivity index (χ0v) is 19.5. The first-order chi connectivity index (χ1) is 13.0. The molecular weight excluding hydrogens is 487 g/mol. The highest BCUT2D eigenvalue weighted by Gasteiger charge is 2.11. The van der Waals surface area contributed by atoms with Gasteiger partial charge in [0, 0.05) is 26.7 Å². The molecule has 2 rings (SSSR count). The number of guanidine groups is 1. The third-order valence-corrected chi connectivity index (χ3v) is 5.22. The minimum atomic E-state index is -3.38. The summed E-state index contributed by atoms with van der Waals surface area (Å²) in [4.78, 5) is 6.45. The number of aliphatic imine (C=N–C) groups is 1. The van der Waals surface area contributed by atoms with E-state index in [0.29, 0.717) is 19.0 Å². The van der Waals surface area contributed by atoms with E-state index in [4.69, 9.17) is 0 Å². The summed E-state index contributed by atoms with van der Waals surface area (Å²) in [6.45, 7) is 3.90. The Morgan fingerprint density at radius 2 is 1.57 bits per heavy atom. The van der Waals surface area contributed by atoms with E-state index in [-0.39, 0.29) is 36.3 Å². The monoisotopic (exact) mass is 516 g/mol. The summed E-state index contributed by atoms with van der Waals surface area (Å²) in [6, 6.07) is 19.5. The highest BCUT2D eigenvalue weighted by molar-refractivity contribution is 14.0. The van der Waals surface area contributed by atoms with Crippen molar-refractivity contribution in [2.24, 2.45) is 4.99 Å². The normalized spacial score (nSPS) is 11.6. The van der Waals surface area contributed by atoms with Gasteiger partial charge < -0.3 is 10.2 Å². The van der Waals surface area contributed by atoms with E-state index in [2.05, 4.69) is 27.2 Å². The van der Waals surface area contributed by atoms with Gasteiger partial charge in [0.1, 0.15) is 0 Å². The van der Waals surface area contributed by atoms with Crippen molar-refractivity contribution in [3.63, 3.8) is 0 Å². The van der Waals surface area contributed by atoms with Gasteiger partial charge in [-0.15, -0.1) is 24.0 Å². The second kappa shape index (κ2) is 12.7. The van der Waals surface area contributed by atoms with Crippen LogP contribution in [-0.4, -0.2) is 45.2 Å². The molecule has 2 aromatic carbocycles. The molecule has 0 fully saturated rings. The molecule has 28 heavy (non-hydrogen) atoms. The van der Waals surface area contributed by atoms with E-state index in [1.165, 1.54) is 5.56 Å². The maximum absolute atomic E-state index is 12.2. The number of benzene rings is 2. The topological polar surface area (TPSA) is 73.8 Å². The molecule has 154 valence electrons. The Labute approximate surface area is 185 Å². The van der Waals surface area contributed by atoms with Gasteiger partial charge >= 0.3 is 0 Å². The van der Waals surface area contributed by atoms with E-state index in [1.54, 1.807) is 0 Å². The van der Waals surface area contributed by atoms with Crippen molar-refractivity contribution in [1.29, 1.82) is 0 Å². The summed E-state index contributed by atoms with van der Waals surface area (Å²) in [6.07, 6.45) is 0. The predicted molar refractivity (Wildman–Crippen MR) is 126 cm³/mol. The van der Waals surface area contributed by atoms with E-state index >= 15 is 0 Å². The van der Waals surface area contributed by atoms with Gasteiger partial charge in [-0.1, -0.05) is 60.7 Å². The molecule has 2 N–H and O–H groups in total. The second-order valence-corrected chi connectivity index (χ2v) is 8.13. The lowest BCUT2D eigenvalue weighted by molar-refractivity contribution is 0.477. The Kier molecular flexibility index (Phi) is 11.1.